The van der Waals surface area contributed by atoms with Gasteiger partial charge >= 0.3 is 0 Å². The van der Waals surface area contributed by atoms with E-state index in [1.54, 1.807) is 35.1 Å². The number of hydrogen-bond acceptors (Lipinski definition) is 6. The van der Waals surface area contributed by atoms with Gasteiger partial charge in [0.25, 0.3) is 5.91 Å². The summed E-state index contributed by atoms with van der Waals surface area (Å²) < 4.78 is 1.70. The van der Waals surface area contributed by atoms with E-state index in [1.165, 1.54) is 0 Å². The number of hydrogen-bond donors (Lipinski definition) is 4. The SMILES string of the molecule is N#CC1CC(NC2(CO)CC2)CCC1n1cc(C(N)=O)c(Nc2ccc(Cl)cc2)n1. The maximum absolute atomic E-state index is 12.0. The summed E-state index contributed by atoms with van der Waals surface area (Å²) >= 11 is 5.93. The Morgan fingerprint density at radius 3 is 2.70 bits per heavy atom. The van der Waals surface area contributed by atoms with Gasteiger partial charge in [-0.2, -0.15) is 10.4 Å². The highest BCUT2D eigenvalue weighted by Crippen LogP contribution is 2.40. The number of nitriles is 1. The smallest absolute Gasteiger partial charge is 0.254 e. The lowest BCUT2D eigenvalue weighted by atomic mass is 9.82. The van der Waals surface area contributed by atoms with E-state index in [9.17, 15) is 15.2 Å². The number of nitrogens with one attached hydrogen (secondary N) is 2. The van der Waals surface area contributed by atoms with Crippen molar-refractivity contribution >= 4 is 29.0 Å². The predicted octanol–water partition coefficient (Wildman–Crippen LogP) is 2.73. The van der Waals surface area contributed by atoms with Crippen LogP contribution in [-0.4, -0.2) is 39.0 Å². The van der Waals surface area contributed by atoms with Crippen molar-refractivity contribution in [3.8, 4) is 6.07 Å². The molecule has 1 heterocycles. The van der Waals surface area contributed by atoms with E-state index in [4.69, 9.17) is 17.3 Å². The van der Waals surface area contributed by atoms with Crippen LogP contribution in [0.3, 0.4) is 0 Å². The van der Waals surface area contributed by atoms with Gasteiger partial charge in [0.1, 0.15) is 5.56 Å². The highest BCUT2D eigenvalue weighted by Gasteiger charge is 2.45. The molecule has 0 aliphatic heterocycles. The molecule has 30 heavy (non-hydrogen) atoms. The second kappa shape index (κ2) is 8.26. The predicted molar refractivity (Wildman–Crippen MR) is 113 cm³/mol. The number of aliphatic hydroxyl groups excluding tert-OH is 1. The summed E-state index contributed by atoms with van der Waals surface area (Å²) in [5.74, 6) is -0.478. The molecule has 3 unspecified atom stereocenters. The van der Waals surface area contributed by atoms with Crippen LogP contribution < -0.4 is 16.4 Å². The second-order valence-electron chi connectivity index (χ2n) is 8.26. The fraction of sp³-hybridized carbons (Fsp3) is 0.476. The van der Waals surface area contributed by atoms with Crippen molar-refractivity contribution in [2.24, 2.45) is 11.7 Å². The largest absolute Gasteiger partial charge is 0.394 e. The van der Waals surface area contributed by atoms with E-state index < -0.39 is 5.91 Å². The highest BCUT2D eigenvalue weighted by atomic mass is 35.5. The standard InChI is InChI=1S/C21H25ClN6O2/c22-14-1-3-15(4-2-14)25-20-17(19(24)30)11-28(27-20)18-6-5-16(9-13(18)10-23)26-21(12-29)7-8-21/h1-4,11,13,16,18,26,29H,5-9,12H2,(H2,24,30)(H,25,27). The number of amides is 1. The van der Waals surface area contributed by atoms with Gasteiger partial charge < -0.3 is 21.5 Å². The summed E-state index contributed by atoms with van der Waals surface area (Å²) in [6.45, 7) is 0.130. The van der Waals surface area contributed by atoms with Crippen LogP contribution in [0.5, 0.6) is 0 Å². The quantitative estimate of drug-likeness (QED) is 0.536. The van der Waals surface area contributed by atoms with Crippen LogP contribution in [0.25, 0.3) is 0 Å². The Hall–Kier alpha value is -2.60. The molecule has 2 fully saturated rings. The number of anilines is 2. The van der Waals surface area contributed by atoms with Gasteiger partial charge in [-0.3, -0.25) is 9.48 Å². The fourth-order valence-electron chi connectivity index (χ4n) is 4.18. The van der Waals surface area contributed by atoms with Gasteiger partial charge in [-0.25, -0.2) is 0 Å². The maximum Gasteiger partial charge on any atom is 0.254 e. The van der Waals surface area contributed by atoms with Gasteiger partial charge in [0.05, 0.1) is 24.6 Å². The average Bonchev–Trinajstić information content (AvgIpc) is 3.39. The first-order chi connectivity index (χ1) is 14.4. The van der Waals surface area contributed by atoms with E-state index in [1.807, 2.05) is 0 Å². The molecule has 4 rings (SSSR count). The monoisotopic (exact) mass is 428 g/mol. The van der Waals surface area contributed by atoms with Gasteiger partial charge in [-0.15, -0.1) is 0 Å². The Labute approximate surface area is 180 Å². The fourth-order valence-corrected chi connectivity index (χ4v) is 4.30. The number of carbonyl (C=O) groups excluding carboxylic acids is 1. The molecule has 9 heteroatoms. The summed E-state index contributed by atoms with van der Waals surface area (Å²) in [7, 11) is 0. The van der Waals surface area contributed by atoms with Gasteiger partial charge in [0.15, 0.2) is 5.82 Å². The molecule has 2 aromatic rings. The van der Waals surface area contributed by atoms with E-state index in [-0.39, 0.29) is 35.7 Å². The van der Waals surface area contributed by atoms with Crippen molar-refractivity contribution in [2.75, 3.05) is 11.9 Å². The molecule has 3 atom stereocenters. The molecular weight excluding hydrogens is 404 g/mol. The molecule has 2 aliphatic carbocycles. The van der Waals surface area contributed by atoms with Crippen molar-refractivity contribution < 1.29 is 9.90 Å². The highest BCUT2D eigenvalue weighted by molar-refractivity contribution is 6.30. The van der Waals surface area contributed by atoms with Crippen LogP contribution in [0.1, 0.15) is 48.5 Å². The lowest BCUT2D eigenvalue weighted by Gasteiger charge is -2.35. The number of rotatable bonds is 7. The number of primary amides is 1. The van der Waals surface area contributed by atoms with Crippen LogP contribution >= 0.6 is 11.6 Å². The van der Waals surface area contributed by atoms with E-state index in [0.717, 1.165) is 31.4 Å². The molecule has 0 radical (unpaired) electrons. The van der Waals surface area contributed by atoms with Crippen molar-refractivity contribution in [1.82, 2.24) is 15.1 Å². The molecule has 1 aromatic heterocycles. The molecule has 2 saturated carbocycles. The molecule has 0 bridgehead atoms. The van der Waals surface area contributed by atoms with Crippen LogP contribution in [0.2, 0.25) is 5.02 Å². The summed E-state index contributed by atoms with van der Waals surface area (Å²) in [6.07, 6.45) is 5.87. The Morgan fingerprint density at radius 1 is 1.37 bits per heavy atom. The normalized spacial score (nSPS) is 24.8. The molecule has 1 amide bonds. The number of benzene rings is 1. The Morgan fingerprint density at radius 2 is 2.10 bits per heavy atom. The summed E-state index contributed by atoms with van der Waals surface area (Å²) in [4.78, 5) is 12.0. The number of nitrogens with zero attached hydrogens (tertiary/aromatic N) is 3. The molecule has 0 spiro atoms. The molecular formula is C21H25ClN6O2. The van der Waals surface area contributed by atoms with Crippen LogP contribution in [0.15, 0.2) is 30.5 Å². The van der Waals surface area contributed by atoms with E-state index in [2.05, 4.69) is 21.8 Å². The average molecular weight is 429 g/mol. The summed E-state index contributed by atoms with van der Waals surface area (Å²) in [5, 5.41) is 31.2. The number of aliphatic hydroxyl groups is 1. The van der Waals surface area contributed by atoms with Crippen molar-refractivity contribution in [2.45, 2.75) is 49.7 Å². The first kappa shape index (κ1) is 20.7. The Bertz CT molecular complexity index is 963. The lowest BCUT2D eigenvalue weighted by molar-refractivity contribution is 0.100. The van der Waals surface area contributed by atoms with Crippen molar-refractivity contribution in [3.63, 3.8) is 0 Å². The third kappa shape index (κ3) is 4.29. The third-order valence-corrected chi connectivity index (χ3v) is 6.34. The van der Waals surface area contributed by atoms with Gasteiger partial charge in [-0.05, 0) is 56.4 Å². The lowest BCUT2D eigenvalue weighted by Crippen LogP contribution is -2.46. The number of aromatic nitrogens is 2. The number of nitrogens with two attached hydrogens (primary N) is 1. The minimum atomic E-state index is -0.583. The second-order valence-corrected chi connectivity index (χ2v) is 8.70. The van der Waals surface area contributed by atoms with Crippen molar-refractivity contribution in [3.05, 3.63) is 41.0 Å². The minimum absolute atomic E-state index is 0.130. The molecule has 2 aliphatic rings. The zero-order valence-corrected chi connectivity index (χ0v) is 17.3. The summed E-state index contributed by atoms with van der Waals surface area (Å²) in [5.41, 5.74) is 6.42. The van der Waals surface area contributed by atoms with Crippen LogP contribution in [0.4, 0.5) is 11.5 Å². The Balaban J connectivity index is 1.52. The van der Waals surface area contributed by atoms with Gasteiger partial charge in [0, 0.05) is 28.5 Å². The van der Waals surface area contributed by atoms with Gasteiger partial charge in [0.2, 0.25) is 0 Å². The first-order valence-corrected chi connectivity index (χ1v) is 10.5. The first-order valence-electron chi connectivity index (χ1n) is 10.1. The van der Waals surface area contributed by atoms with Crippen molar-refractivity contribution in [1.29, 1.82) is 5.26 Å². The topological polar surface area (TPSA) is 129 Å². The molecule has 5 N–H and O–H groups in total. The summed E-state index contributed by atoms with van der Waals surface area (Å²) in [6, 6.07) is 9.51. The maximum atomic E-state index is 12.0. The molecule has 1 aromatic carbocycles. The van der Waals surface area contributed by atoms with Crippen LogP contribution in [0, 0.1) is 17.2 Å². The molecule has 8 nitrogen and oxygen atoms in total. The third-order valence-electron chi connectivity index (χ3n) is 6.09. The zero-order valence-electron chi connectivity index (χ0n) is 16.5. The Kier molecular flexibility index (Phi) is 5.69. The minimum Gasteiger partial charge on any atom is -0.394 e. The number of halogens is 1. The van der Waals surface area contributed by atoms with E-state index >= 15 is 0 Å². The zero-order chi connectivity index (χ0) is 21.3. The molecule has 0 saturated heterocycles. The number of carbonyl (C=O) groups is 1. The van der Waals surface area contributed by atoms with Crippen LogP contribution in [-0.2, 0) is 0 Å². The molecule has 158 valence electrons. The van der Waals surface area contributed by atoms with E-state index in [0.29, 0.717) is 17.3 Å². The van der Waals surface area contributed by atoms with Gasteiger partial charge in [-0.1, -0.05) is 11.6 Å².